The number of aliphatic hydroxyl groups is 1. The molecular formula is C89H174O17P2. The van der Waals surface area contributed by atoms with Crippen LogP contribution in [0.25, 0.3) is 0 Å². The molecule has 2 unspecified atom stereocenters. The molecule has 0 amide bonds. The van der Waals surface area contributed by atoms with Gasteiger partial charge in [-0.1, -0.05) is 421 Å². The molecule has 0 heterocycles. The molecule has 0 saturated carbocycles. The minimum absolute atomic E-state index is 0.108. The second-order valence-electron chi connectivity index (χ2n) is 33.4. The van der Waals surface area contributed by atoms with Crippen molar-refractivity contribution in [3.8, 4) is 0 Å². The monoisotopic (exact) mass is 1580 g/mol. The Hall–Kier alpha value is -1.94. The summed E-state index contributed by atoms with van der Waals surface area (Å²) in [4.78, 5) is 73.4. The van der Waals surface area contributed by atoms with Crippen molar-refractivity contribution < 1.29 is 80.2 Å². The van der Waals surface area contributed by atoms with Gasteiger partial charge in [-0.3, -0.25) is 37.3 Å². The van der Waals surface area contributed by atoms with Crippen molar-refractivity contribution in [2.45, 2.75) is 491 Å². The van der Waals surface area contributed by atoms with Crippen molar-refractivity contribution in [2.24, 2.45) is 17.8 Å². The van der Waals surface area contributed by atoms with E-state index in [1.54, 1.807) is 0 Å². The van der Waals surface area contributed by atoms with Crippen LogP contribution in [-0.4, -0.2) is 96.7 Å². The van der Waals surface area contributed by atoms with E-state index in [1.807, 2.05) is 0 Å². The third-order valence-electron chi connectivity index (χ3n) is 20.9. The van der Waals surface area contributed by atoms with Crippen molar-refractivity contribution >= 4 is 39.5 Å². The summed E-state index contributed by atoms with van der Waals surface area (Å²) >= 11 is 0. The molecule has 108 heavy (non-hydrogen) atoms. The molecule has 642 valence electrons. The van der Waals surface area contributed by atoms with Crippen LogP contribution in [0.4, 0.5) is 0 Å². The predicted molar refractivity (Wildman–Crippen MR) is 446 cm³/mol. The molecule has 0 rings (SSSR count). The number of esters is 4. The topological polar surface area (TPSA) is 237 Å². The van der Waals surface area contributed by atoms with E-state index in [-0.39, 0.29) is 25.7 Å². The second kappa shape index (κ2) is 78.9. The SMILES string of the molecule is CCCCCCCCCCCCCCCCCCCCCCC(=O)O[C@H](COC(=O)CCCCCCCCCCCCCCCCCC(C)C)COP(=O)(O)OC[C@@H](O)COP(=O)(O)OC[C@@H](COC(=O)CCCCCCCCCCCC(C)C)OC(=O)CCCCCCCCCCCCCCCCCC(C)C. The number of unbranched alkanes of at least 4 members (excludes halogenated alkanes) is 55. The zero-order chi connectivity index (χ0) is 79.3. The normalized spacial score (nSPS) is 13.8. The molecule has 0 spiro atoms. The molecule has 0 radical (unpaired) electrons. The second-order valence-corrected chi connectivity index (χ2v) is 36.3. The molecule has 0 aromatic rings. The Bertz CT molecular complexity index is 2080. The predicted octanol–water partition coefficient (Wildman–Crippen LogP) is 27.3. The summed E-state index contributed by atoms with van der Waals surface area (Å²) in [6.45, 7) is 12.0. The lowest BCUT2D eigenvalue weighted by molar-refractivity contribution is -0.161. The first kappa shape index (κ1) is 106. The number of aliphatic hydroxyl groups excluding tert-OH is 1. The highest BCUT2D eigenvalue weighted by Gasteiger charge is 2.31. The van der Waals surface area contributed by atoms with Gasteiger partial charge >= 0.3 is 39.5 Å². The van der Waals surface area contributed by atoms with Crippen LogP contribution in [0.15, 0.2) is 0 Å². The van der Waals surface area contributed by atoms with E-state index in [1.165, 1.54) is 283 Å². The van der Waals surface area contributed by atoms with Crippen molar-refractivity contribution in [3.63, 3.8) is 0 Å². The van der Waals surface area contributed by atoms with Crippen molar-refractivity contribution in [1.82, 2.24) is 0 Å². The summed E-state index contributed by atoms with van der Waals surface area (Å²) in [6, 6.07) is 0. The molecule has 0 saturated heterocycles. The van der Waals surface area contributed by atoms with E-state index in [9.17, 15) is 43.2 Å². The van der Waals surface area contributed by atoms with Gasteiger partial charge in [0.2, 0.25) is 0 Å². The van der Waals surface area contributed by atoms with Gasteiger partial charge in [0.25, 0.3) is 0 Å². The summed E-state index contributed by atoms with van der Waals surface area (Å²) in [6.07, 6.45) is 70.8. The fourth-order valence-electron chi connectivity index (χ4n) is 13.9. The number of carbonyl (C=O) groups is 4. The highest BCUT2D eigenvalue weighted by Crippen LogP contribution is 2.45. The molecule has 0 bridgehead atoms. The maximum absolute atomic E-state index is 13.2. The first-order valence-electron chi connectivity index (χ1n) is 45.8. The summed E-state index contributed by atoms with van der Waals surface area (Å²) < 4.78 is 69.0. The summed E-state index contributed by atoms with van der Waals surface area (Å²) in [7, 11) is -9.93. The number of phosphoric ester groups is 2. The van der Waals surface area contributed by atoms with Crippen LogP contribution in [0.5, 0.6) is 0 Å². The Labute approximate surface area is 664 Å². The van der Waals surface area contributed by atoms with Gasteiger partial charge in [-0.2, -0.15) is 0 Å². The smallest absolute Gasteiger partial charge is 0.462 e. The van der Waals surface area contributed by atoms with E-state index in [0.717, 1.165) is 108 Å². The molecule has 0 aliphatic carbocycles. The molecule has 0 aromatic heterocycles. The Morgan fingerprint density at radius 1 is 0.250 bits per heavy atom. The van der Waals surface area contributed by atoms with Crippen molar-refractivity contribution in [2.75, 3.05) is 39.6 Å². The molecule has 0 aliphatic heterocycles. The molecular weight excluding hydrogens is 1400 g/mol. The standard InChI is InChI=1S/C89H174O17P2/c1-8-9-10-11-12-13-14-15-16-17-18-19-20-25-31-36-43-51-58-65-72-88(93)105-84(76-99-86(91)70-63-56-49-42-35-30-26-21-23-28-33-39-46-53-60-67-80(2)3)78-103-107(95,96)101-74-83(90)75-102-108(97,98)104-79-85(77-100-87(92)71-64-57-50-45-38-41-48-55-62-69-82(6)7)106-89(94)73-66-59-52-44-37-32-27-22-24-29-34-40-47-54-61-68-81(4)5/h80-85,90H,8-79H2,1-7H3,(H,95,96)(H,97,98)/t83-,84-,85-/m1/s1. The van der Waals surface area contributed by atoms with Crippen LogP contribution in [0, 0.1) is 17.8 Å². The Balaban J connectivity index is 5.26. The van der Waals surface area contributed by atoms with E-state index in [2.05, 4.69) is 48.5 Å². The Kier molecular flexibility index (Phi) is 77.5. The number of ether oxygens (including phenoxy) is 4. The number of hydrogen-bond acceptors (Lipinski definition) is 15. The van der Waals surface area contributed by atoms with Gasteiger partial charge < -0.3 is 33.8 Å². The number of phosphoric acid groups is 2. The molecule has 0 fully saturated rings. The van der Waals surface area contributed by atoms with Crippen molar-refractivity contribution in [3.05, 3.63) is 0 Å². The zero-order valence-electron chi connectivity index (χ0n) is 71.3. The van der Waals surface area contributed by atoms with Crippen LogP contribution < -0.4 is 0 Å². The molecule has 5 atom stereocenters. The van der Waals surface area contributed by atoms with E-state index >= 15 is 0 Å². The zero-order valence-corrected chi connectivity index (χ0v) is 73.1. The van der Waals surface area contributed by atoms with Crippen LogP contribution in [0.2, 0.25) is 0 Å². The third kappa shape index (κ3) is 82.1. The third-order valence-corrected chi connectivity index (χ3v) is 22.8. The van der Waals surface area contributed by atoms with Gasteiger partial charge in [-0.05, 0) is 43.4 Å². The first-order valence-corrected chi connectivity index (χ1v) is 48.8. The summed E-state index contributed by atoms with van der Waals surface area (Å²) in [5, 5.41) is 10.7. The Morgan fingerprint density at radius 3 is 0.630 bits per heavy atom. The molecule has 19 heteroatoms. The van der Waals surface area contributed by atoms with Gasteiger partial charge in [0.15, 0.2) is 12.2 Å². The fourth-order valence-corrected chi connectivity index (χ4v) is 15.5. The lowest BCUT2D eigenvalue weighted by Gasteiger charge is -2.21. The summed E-state index contributed by atoms with van der Waals surface area (Å²) in [5.74, 6) is 0.252. The van der Waals surface area contributed by atoms with E-state index in [0.29, 0.717) is 25.7 Å². The quantitative estimate of drug-likeness (QED) is 0.0222. The highest BCUT2D eigenvalue weighted by atomic mass is 31.2. The van der Waals surface area contributed by atoms with Gasteiger partial charge in [0.1, 0.15) is 19.3 Å². The highest BCUT2D eigenvalue weighted by molar-refractivity contribution is 7.47. The number of carbonyl (C=O) groups excluding carboxylic acids is 4. The van der Waals surface area contributed by atoms with Gasteiger partial charge in [0.05, 0.1) is 26.4 Å². The van der Waals surface area contributed by atoms with Crippen LogP contribution >= 0.6 is 15.6 Å². The molecule has 17 nitrogen and oxygen atoms in total. The fraction of sp³-hybridized carbons (Fsp3) is 0.955. The van der Waals surface area contributed by atoms with Gasteiger partial charge in [-0.25, -0.2) is 9.13 Å². The minimum Gasteiger partial charge on any atom is -0.462 e. The van der Waals surface area contributed by atoms with Crippen LogP contribution in [-0.2, 0) is 65.4 Å². The first-order chi connectivity index (χ1) is 52.2. The Morgan fingerprint density at radius 2 is 0.426 bits per heavy atom. The molecule has 0 aliphatic rings. The largest absolute Gasteiger partial charge is 0.472 e. The summed E-state index contributed by atoms with van der Waals surface area (Å²) in [5.41, 5.74) is 0. The maximum Gasteiger partial charge on any atom is 0.472 e. The van der Waals surface area contributed by atoms with Crippen molar-refractivity contribution in [1.29, 1.82) is 0 Å². The molecule has 3 N–H and O–H groups in total. The van der Waals surface area contributed by atoms with E-state index in [4.69, 9.17) is 37.0 Å². The maximum atomic E-state index is 13.2. The lowest BCUT2D eigenvalue weighted by atomic mass is 10.0. The van der Waals surface area contributed by atoms with Crippen LogP contribution in [0.3, 0.4) is 0 Å². The van der Waals surface area contributed by atoms with Crippen LogP contribution in [0.1, 0.15) is 472 Å². The molecule has 0 aromatic carbocycles. The minimum atomic E-state index is -4.97. The number of rotatable bonds is 87. The average Bonchev–Trinajstić information content (AvgIpc) is 0.896. The lowest BCUT2D eigenvalue weighted by Crippen LogP contribution is -2.30. The number of hydrogen-bond donors (Lipinski definition) is 3. The van der Waals surface area contributed by atoms with E-state index < -0.39 is 97.5 Å². The van der Waals surface area contributed by atoms with Gasteiger partial charge in [0, 0.05) is 25.7 Å². The average molecular weight is 1580 g/mol. The van der Waals surface area contributed by atoms with Gasteiger partial charge in [-0.15, -0.1) is 0 Å².